The number of aliphatic carboxylic acids is 1. The van der Waals surface area contributed by atoms with Gasteiger partial charge in [-0.05, 0) is 37.5 Å². The fourth-order valence-electron chi connectivity index (χ4n) is 3.47. The lowest BCUT2D eigenvalue weighted by Crippen LogP contribution is -2.41. The van der Waals surface area contributed by atoms with Crippen LogP contribution in [0, 0.1) is 11.8 Å². The van der Waals surface area contributed by atoms with Crippen molar-refractivity contribution in [3.8, 4) is 0 Å². The molecule has 0 saturated heterocycles. The van der Waals surface area contributed by atoms with Crippen LogP contribution >= 0.6 is 0 Å². The third-order valence-corrected chi connectivity index (χ3v) is 4.03. The van der Waals surface area contributed by atoms with E-state index in [1.807, 2.05) is 0 Å². The lowest BCUT2D eigenvalue weighted by Gasteiger charge is -2.44. The Morgan fingerprint density at radius 2 is 1.87 bits per heavy atom. The fourth-order valence-corrected chi connectivity index (χ4v) is 3.47. The van der Waals surface area contributed by atoms with Gasteiger partial charge in [0, 0.05) is 6.42 Å². The highest BCUT2D eigenvalue weighted by Gasteiger charge is 2.40. The van der Waals surface area contributed by atoms with Crippen LogP contribution in [0.4, 0.5) is 0 Å². The second-order valence-corrected chi connectivity index (χ2v) is 5.42. The van der Waals surface area contributed by atoms with E-state index < -0.39 is 11.6 Å². The van der Waals surface area contributed by atoms with E-state index in [1.165, 1.54) is 25.7 Å². The van der Waals surface area contributed by atoms with E-state index in [4.69, 9.17) is 5.11 Å². The standard InChI is InChI=1S/C12H20O3/c13-11(14)4-5-12(15)7-9-2-1-3-10(6-9)8-12/h9-10,15H,1-8H2,(H,13,14). The molecular formula is C12H20O3. The van der Waals surface area contributed by atoms with Crippen LogP contribution in [0.3, 0.4) is 0 Å². The van der Waals surface area contributed by atoms with Crippen molar-refractivity contribution in [3.63, 3.8) is 0 Å². The first kappa shape index (κ1) is 10.9. The van der Waals surface area contributed by atoms with Crippen LogP contribution in [0.25, 0.3) is 0 Å². The molecule has 3 nitrogen and oxygen atoms in total. The van der Waals surface area contributed by atoms with Crippen molar-refractivity contribution in [2.45, 2.75) is 57.0 Å². The molecule has 0 spiro atoms. The maximum Gasteiger partial charge on any atom is 0.303 e. The molecule has 15 heavy (non-hydrogen) atoms. The average molecular weight is 212 g/mol. The first-order valence-corrected chi connectivity index (χ1v) is 6.02. The Labute approximate surface area is 90.5 Å². The normalized spacial score (nSPS) is 40.1. The minimum Gasteiger partial charge on any atom is -0.481 e. The van der Waals surface area contributed by atoms with Gasteiger partial charge >= 0.3 is 5.97 Å². The predicted octanol–water partition coefficient (Wildman–Crippen LogP) is 2.18. The molecule has 3 heteroatoms. The Hall–Kier alpha value is -0.570. The van der Waals surface area contributed by atoms with Crippen molar-refractivity contribution in [1.29, 1.82) is 0 Å². The van der Waals surface area contributed by atoms with Gasteiger partial charge in [0.2, 0.25) is 0 Å². The highest BCUT2D eigenvalue weighted by Crippen LogP contribution is 2.45. The molecule has 2 aliphatic carbocycles. The lowest BCUT2D eigenvalue weighted by molar-refractivity contribution is -0.139. The van der Waals surface area contributed by atoms with Gasteiger partial charge in [-0.15, -0.1) is 0 Å². The Bertz CT molecular complexity index is 237. The van der Waals surface area contributed by atoms with E-state index in [0.717, 1.165) is 12.8 Å². The Balaban J connectivity index is 1.93. The van der Waals surface area contributed by atoms with Crippen LogP contribution in [0.5, 0.6) is 0 Å². The molecule has 0 radical (unpaired) electrons. The Morgan fingerprint density at radius 3 is 2.40 bits per heavy atom. The maximum atomic E-state index is 10.5. The fraction of sp³-hybridized carbons (Fsp3) is 0.917. The molecule has 2 unspecified atom stereocenters. The summed E-state index contributed by atoms with van der Waals surface area (Å²) in [5.74, 6) is 0.506. The molecule has 0 aliphatic heterocycles. The maximum absolute atomic E-state index is 10.5. The molecule has 2 N–H and O–H groups in total. The molecule has 2 rings (SSSR count). The van der Waals surface area contributed by atoms with Crippen molar-refractivity contribution in [3.05, 3.63) is 0 Å². The molecule has 0 aromatic carbocycles. The zero-order chi connectivity index (χ0) is 10.9. The van der Waals surface area contributed by atoms with Crippen LogP contribution in [0.15, 0.2) is 0 Å². The van der Waals surface area contributed by atoms with Gasteiger partial charge in [0.05, 0.1) is 5.60 Å². The topological polar surface area (TPSA) is 57.5 Å². The minimum atomic E-state index is -0.792. The van der Waals surface area contributed by atoms with E-state index in [-0.39, 0.29) is 6.42 Å². The smallest absolute Gasteiger partial charge is 0.303 e. The van der Waals surface area contributed by atoms with Gasteiger partial charge in [-0.1, -0.05) is 19.3 Å². The zero-order valence-electron chi connectivity index (χ0n) is 9.11. The van der Waals surface area contributed by atoms with Crippen molar-refractivity contribution >= 4 is 5.97 Å². The molecule has 0 aromatic heterocycles. The molecule has 2 saturated carbocycles. The molecule has 86 valence electrons. The molecule has 0 amide bonds. The summed E-state index contributed by atoms with van der Waals surface area (Å²) in [6, 6.07) is 0. The van der Waals surface area contributed by atoms with Crippen LogP contribution < -0.4 is 0 Å². The monoisotopic (exact) mass is 212 g/mol. The molecule has 2 atom stereocenters. The average Bonchev–Trinajstić information content (AvgIpc) is 2.14. The summed E-state index contributed by atoms with van der Waals surface area (Å²) in [6.07, 6.45) is 7.22. The number of carboxylic acid groups (broad SMARTS) is 1. The summed E-state index contributed by atoms with van der Waals surface area (Å²) in [5, 5.41) is 19.0. The summed E-state index contributed by atoms with van der Waals surface area (Å²) in [5.41, 5.74) is -0.674. The molecule has 2 aliphatic rings. The van der Waals surface area contributed by atoms with Gasteiger partial charge in [-0.3, -0.25) is 4.79 Å². The minimum absolute atomic E-state index is 0.107. The van der Waals surface area contributed by atoms with E-state index in [2.05, 4.69) is 0 Å². The largest absolute Gasteiger partial charge is 0.481 e. The summed E-state index contributed by atoms with van der Waals surface area (Å²) < 4.78 is 0. The highest BCUT2D eigenvalue weighted by atomic mass is 16.4. The van der Waals surface area contributed by atoms with Crippen LogP contribution in [0.1, 0.15) is 51.4 Å². The van der Waals surface area contributed by atoms with Crippen molar-refractivity contribution in [2.24, 2.45) is 11.8 Å². The molecule has 0 heterocycles. The number of carbonyl (C=O) groups is 1. The summed E-state index contributed by atoms with van der Waals surface area (Å²) >= 11 is 0. The predicted molar refractivity (Wildman–Crippen MR) is 56.5 cm³/mol. The quantitative estimate of drug-likeness (QED) is 0.754. The van der Waals surface area contributed by atoms with Gasteiger partial charge < -0.3 is 10.2 Å². The van der Waals surface area contributed by atoms with Gasteiger partial charge in [-0.25, -0.2) is 0 Å². The second-order valence-electron chi connectivity index (χ2n) is 5.42. The summed E-state index contributed by atoms with van der Waals surface area (Å²) in [4.78, 5) is 10.5. The second kappa shape index (κ2) is 4.12. The van der Waals surface area contributed by atoms with Gasteiger partial charge in [0.1, 0.15) is 0 Å². The number of carboxylic acids is 1. The van der Waals surface area contributed by atoms with Crippen molar-refractivity contribution in [2.75, 3.05) is 0 Å². The van der Waals surface area contributed by atoms with Gasteiger partial charge in [0.25, 0.3) is 0 Å². The third kappa shape index (κ3) is 2.71. The van der Waals surface area contributed by atoms with E-state index in [1.54, 1.807) is 0 Å². The first-order chi connectivity index (χ1) is 7.07. The number of fused-ring (bicyclic) bond motifs is 2. The van der Waals surface area contributed by atoms with Crippen LogP contribution in [0.2, 0.25) is 0 Å². The van der Waals surface area contributed by atoms with E-state index in [0.29, 0.717) is 18.3 Å². The number of hydrogen-bond acceptors (Lipinski definition) is 2. The highest BCUT2D eigenvalue weighted by molar-refractivity contribution is 5.66. The van der Waals surface area contributed by atoms with E-state index >= 15 is 0 Å². The molecule has 0 aromatic rings. The molecule has 2 fully saturated rings. The zero-order valence-corrected chi connectivity index (χ0v) is 9.11. The first-order valence-electron chi connectivity index (χ1n) is 6.02. The Morgan fingerprint density at radius 1 is 1.27 bits per heavy atom. The lowest BCUT2D eigenvalue weighted by atomic mass is 9.65. The SMILES string of the molecule is O=C(O)CCC1(O)CC2CCCC(C2)C1. The summed E-state index contributed by atoms with van der Waals surface area (Å²) in [7, 11) is 0. The summed E-state index contributed by atoms with van der Waals surface area (Å²) in [6.45, 7) is 0. The third-order valence-electron chi connectivity index (χ3n) is 4.03. The van der Waals surface area contributed by atoms with Gasteiger partial charge in [-0.2, -0.15) is 0 Å². The molecule has 2 bridgehead atoms. The Kier molecular flexibility index (Phi) is 3.01. The van der Waals surface area contributed by atoms with Gasteiger partial charge in [0.15, 0.2) is 0 Å². The van der Waals surface area contributed by atoms with Crippen molar-refractivity contribution < 1.29 is 15.0 Å². The van der Waals surface area contributed by atoms with Crippen LogP contribution in [-0.4, -0.2) is 21.8 Å². The van der Waals surface area contributed by atoms with Crippen molar-refractivity contribution in [1.82, 2.24) is 0 Å². The number of hydrogen-bond donors (Lipinski definition) is 2. The number of aliphatic hydroxyl groups is 1. The number of rotatable bonds is 3. The van der Waals surface area contributed by atoms with Crippen LogP contribution in [-0.2, 0) is 4.79 Å². The van der Waals surface area contributed by atoms with E-state index in [9.17, 15) is 9.90 Å². The molecular weight excluding hydrogens is 192 g/mol.